The average Bonchev–Trinajstić information content (AvgIpc) is 2.36. The third-order valence-electron chi connectivity index (χ3n) is 2.09. The Balaban J connectivity index is 2.47. The van der Waals surface area contributed by atoms with Crippen LogP contribution in [0.4, 0.5) is 14.6 Å². The first-order valence-electron chi connectivity index (χ1n) is 5.13. The van der Waals surface area contributed by atoms with Gasteiger partial charge < -0.3 is 10.1 Å². The number of esters is 1. The Morgan fingerprint density at radius 2 is 2.11 bits per heavy atom. The van der Waals surface area contributed by atoms with Gasteiger partial charge in [-0.25, -0.2) is 13.8 Å². The lowest BCUT2D eigenvalue weighted by Crippen LogP contribution is -2.14. The summed E-state index contributed by atoms with van der Waals surface area (Å²) in [6.45, 7) is 0. The molecule has 98 valence electrons. The third kappa shape index (κ3) is 4.44. The Morgan fingerprint density at radius 1 is 1.39 bits per heavy atom. The van der Waals surface area contributed by atoms with Crippen LogP contribution in [-0.2, 0) is 14.3 Å². The molecule has 0 aliphatic rings. The molecule has 0 aromatic carbocycles. The summed E-state index contributed by atoms with van der Waals surface area (Å²) in [4.78, 5) is 25.8. The molecule has 0 aliphatic carbocycles. The lowest BCUT2D eigenvalue weighted by molar-refractivity contribution is -0.141. The molecule has 1 rings (SSSR count). The molecule has 0 spiro atoms. The van der Waals surface area contributed by atoms with Crippen LogP contribution >= 0.6 is 0 Å². The topological polar surface area (TPSA) is 68.3 Å². The number of rotatable bonds is 5. The molecule has 0 atom stereocenters. The summed E-state index contributed by atoms with van der Waals surface area (Å²) in [7, 11) is 1.23. The number of anilines is 1. The molecule has 0 saturated heterocycles. The zero-order chi connectivity index (χ0) is 13.5. The Hall–Kier alpha value is -2.05. The highest BCUT2D eigenvalue weighted by Crippen LogP contribution is 2.18. The van der Waals surface area contributed by atoms with E-state index >= 15 is 0 Å². The van der Waals surface area contributed by atoms with Gasteiger partial charge in [-0.2, -0.15) is 0 Å². The molecular formula is C11H12F2N2O3. The van der Waals surface area contributed by atoms with E-state index in [1.165, 1.54) is 19.2 Å². The summed E-state index contributed by atoms with van der Waals surface area (Å²) in [5, 5.41) is 2.38. The summed E-state index contributed by atoms with van der Waals surface area (Å²) >= 11 is 0. The second-order valence-electron chi connectivity index (χ2n) is 3.40. The molecule has 1 amide bonds. The quantitative estimate of drug-likeness (QED) is 0.819. The normalized spacial score (nSPS) is 10.2. The molecule has 0 bridgehead atoms. The second kappa shape index (κ2) is 6.63. The van der Waals surface area contributed by atoms with Crippen LogP contribution in [0.3, 0.4) is 0 Å². The fourth-order valence-corrected chi connectivity index (χ4v) is 1.13. The van der Waals surface area contributed by atoms with E-state index in [2.05, 4.69) is 15.0 Å². The van der Waals surface area contributed by atoms with Crippen LogP contribution in [0.15, 0.2) is 18.3 Å². The van der Waals surface area contributed by atoms with Crippen molar-refractivity contribution in [1.29, 1.82) is 0 Å². The summed E-state index contributed by atoms with van der Waals surface area (Å²) in [5.74, 6) is -0.766. The van der Waals surface area contributed by atoms with Gasteiger partial charge in [0.15, 0.2) is 0 Å². The van der Waals surface area contributed by atoms with Gasteiger partial charge in [-0.1, -0.05) is 0 Å². The predicted octanol–water partition coefficient (Wildman–Crippen LogP) is 1.91. The van der Waals surface area contributed by atoms with Gasteiger partial charge >= 0.3 is 5.97 Å². The lowest BCUT2D eigenvalue weighted by atomic mass is 10.3. The van der Waals surface area contributed by atoms with E-state index in [0.29, 0.717) is 0 Å². The Bertz CT molecular complexity index is 421. The van der Waals surface area contributed by atoms with Gasteiger partial charge in [0, 0.05) is 18.2 Å². The van der Waals surface area contributed by atoms with Crippen molar-refractivity contribution < 1.29 is 23.1 Å². The van der Waals surface area contributed by atoms with Crippen LogP contribution in [0, 0.1) is 0 Å². The van der Waals surface area contributed by atoms with Crippen LogP contribution in [0.2, 0.25) is 0 Å². The highest BCUT2D eigenvalue weighted by Gasteiger charge is 2.09. The number of aromatic nitrogens is 1. The third-order valence-corrected chi connectivity index (χ3v) is 2.09. The maximum atomic E-state index is 12.2. The van der Waals surface area contributed by atoms with Gasteiger partial charge in [0.1, 0.15) is 5.82 Å². The predicted molar refractivity (Wildman–Crippen MR) is 59.1 cm³/mol. The molecule has 5 nitrogen and oxygen atoms in total. The van der Waals surface area contributed by atoms with Crippen LogP contribution in [0.5, 0.6) is 0 Å². The van der Waals surface area contributed by atoms with E-state index in [4.69, 9.17) is 0 Å². The number of amides is 1. The second-order valence-corrected chi connectivity index (χ2v) is 3.40. The lowest BCUT2D eigenvalue weighted by Gasteiger charge is -2.05. The van der Waals surface area contributed by atoms with Crippen LogP contribution in [0.1, 0.15) is 24.8 Å². The Labute approximate surface area is 102 Å². The van der Waals surface area contributed by atoms with Gasteiger partial charge in [-0.15, -0.1) is 0 Å². The fraction of sp³-hybridized carbons (Fsp3) is 0.364. The number of pyridine rings is 1. The van der Waals surface area contributed by atoms with Crippen molar-refractivity contribution in [3.8, 4) is 0 Å². The van der Waals surface area contributed by atoms with Crippen molar-refractivity contribution in [2.45, 2.75) is 19.3 Å². The fourth-order valence-electron chi connectivity index (χ4n) is 1.13. The van der Waals surface area contributed by atoms with Crippen molar-refractivity contribution in [2.75, 3.05) is 12.4 Å². The van der Waals surface area contributed by atoms with Gasteiger partial charge in [-0.05, 0) is 12.1 Å². The minimum absolute atomic E-state index is 0.0442. The van der Waals surface area contributed by atoms with E-state index < -0.39 is 18.3 Å². The molecule has 0 radical (unpaired) electrons. The van der Waals surface area contributed by atoms with Crippen LogP contribution in [0.25, 0.3) is 0 Å². The smallest absolute Gasteiger partial charge is 0.306 e. The van der Waals surface area contributed by atoms with Crippen molar-refractivity contribution in [3.63, 3.8) is 0 Å². The zero-order valence-corrected chi connectivity index (χ0v) is 9.65. The number of halogens is 2. The molecule has 7 heteroatoms. The minimum atomic E-state index is -2.60. The number of hydrogen-bond donors (Lipinski definition) is 1. The summed E-state index contributed by atoms with van der Waals surface area (Å²) < 4.78 is 28.8. The monoisotopic (exact) mass is 258 g/mol. The van der Waals surface area contributed by atoms with Crippen LogP contribution < -0.4 is 5.32 Å². The maximum Gasteiger partial charge on any atom is 0.306 e. The molecule has 1 N–H and O–H groups in total. The Morgan fingerprint density at radius 3 is 2.61 bits per heavy atom. The highest BCUT2D eigenvalue weighted by molar-refractivity contribution is 5.91. The van der Waals surface area contributed by atoms with Gasteiger partial charge in [0.25, 0.3) is 6.43 Å². The molecule has 0 unspecified atom stereocenters. The van der Waals surface area contributed by atoms with E-state index in [1.807, 2.05) is 0 Å². The summed E-state index contributed by atoms with van der Waals surface area (Å²) in [6, 6.07) is 2.45. The zero-order valence-electron chi connectivity index (χ0n) is 9.65. The van der Waals surface area contributed by atoms with Crippen LogP contribution in [-0.4, -0.2) is 24.0 Å². The van der Waals surface area contributed by atoms with E-state index in [0.717, 1.165) is 6.20 Å². The van der Waals surface area contributed by atoms with Crippen molar-refractivity contribution in [3.05, 3.63) is 23.9 Å². The molecular weight excluding hydrogens is 246 g/mol. The average molecular weight is 258 g/mol. The first-order valence-corrected chi connectivity index (χ1v) is 5.13. The van der Waals surface area contributed by atoms with E-state index in [-0.39, 0.29) is 24.2 Å². The minimum Gasteiger partial charge on any atom is -0.469 e. The first kappa shape index (κ1) is 14.0. The van der Waals surface area contributed by atoms with Crippen molar-refractivity contribution >= 4 is 17.7 Å². The number of ether oxygens (including phenoxy) is 1. The molecule has 0 saturated carbocycles. The van der Waals surface area contributed by atoms with Gasteiger partial charge in [0.05, 0.1) is 13.5 Å². The summed E-state index contributed by atoms with van der Waals surface area (Å²) in [5.41, 5.74) is -0.220. The number of nitrogens with zero attached hydrogens (tertiary/aromatic N) is 1. The number of carbonyl (C=O) groups is 2. The molecule has 0 aliphatic heterocycles. The number of alkyl halides is 2. The first-order chi connectivity index (χ1) is 8.52. The van der Waals surface area contributed by atoms with E-state index in [1.54, 1.807) is 0 Å². The van der Waals surface area contributed by atoms with Crippen molar-refractivity contribution in [1.82, 2.24) is 4.98 Å². The Kier molecular flexibility index (Phi) is 5.16. The molecule has 1 aromatic rings. The van der Waals surface area contributed by atoms with Gasteiger partial charge in [-0.3, -0.25) is 9.59 Å². The summed E-state index contributed by atoms with van der Waals surface area (Å²) in [6.07, 6.45) is -1.70. The number of methoxy groups -OCH3 is 1. The maximum absolute atomic E-state index is 12.2. The molecule has 1 heterocycles. The van der Waals surface area contributed by atoms with E-state index in [9.17, 15) is 18.4 Å². The standard InChI is InChI=1S/C11H12F2N2O3/c1-18-10(17)5-4-9(16)15-8-3-2-7(6-14-8)11(12)13/h2-3,6,11H,4-5H2,1H3,(H,14,15,16). The molecule has 0 fully saturated rings. The molecule has 1 aromatic heterocycles. The highest BCUT2D eigenvalue weighted by atomic mass is 19.3. The number of carbonyl (C=O) groups excluding carboxylic acids is 2. The van der Waals surface area contributed by atoms with Crippen molar-refractivity contribution in [2.24, 2.45) is 0 Å². The number of nitrogens with one attached hydrogen (secondary N) is 1. The number of hydrogen-bond acceptors (Lipinski definition) is 4. The van der Waals surface area contributed by atoms with Gasteiger partial charge in [0.2, 0.25) is 5.91 Å². The SMILES string of the molecule is COC(=O)CCC(=O)Nc1ccc(C(F)F)cn1. The molecule has 18 heavy (non-hydrogen) atoms. The largest absolute Gasteiger partial charge is 0.469 e.